The highest BCUT2D eigenvalue weighted by atomic mass is 15.2. The second kappa shape index (κ2) is 5.28. The molecule has 2 aliphatic rings. The first kappa shape index (κ1) is 13.2. The van der Waals surface area contributed by atoms with Crippen molar-refractivity contribution in [3.8, 4) is 0 Å². The summed E-state index contributed by atoms with van der Waals surface area (Å²) < 4.78 is 2.41. The minimum atomic E-state index is 0.692. The summed E-state index contributed by atoms with van der Waals surface area (Å²) in [7, 11) is 0. The first-order valence-corrected chi connectivity index (χ1v) is 7.93. The van der Waals surface area contributed by atoms with Crippen LogP contribution in [0, 0.1) is 5.92 Å². The normalized spacial score (nSPS) is 25.8. The van der Waals surface area contributed by atoms with Gasteiger partial charge in [-0.2, -0.15) is 0 Å². The molecule has 2 aliphatic heterocycles. The van der Waals surface area contributed by atoms with Crippen LogP contribution in [0.25, 0.3) is 0 Å². The molecule has 0 N–H and O–H groups in total. The third-order valence-corrected chi connectivity index (χ3v) is 4.95. The van der Waals surface area contributed by atoms with Gasteiger partial charge in [0.1, 0.15) is 5.82 Å². The molecule has 1 aromatic rings. The number of hydrogen-bond donors (Lipinski definition) is 0. The van der Waals surface area contributed by atoms with Gasteiger partial charge < -0.3 is 9.47 Å². The van der Waals surface area contributed by atoms with E-state index in [0.29, 0.717) is 12.0 Å². The van der Waals surface area contributed by atoms with Gasteiger partial charge in [-0.3, -0.25) is 0 Å². The van der Waals surface area contributed by atoms with Crippen LogP contribution in [0.1, 0.15) is 57.5 Å². The van der Waals surface area contributed by atoms with Crippen molar-refractivity contribution in [2.75, 3.05) is 13.1 Å². The summed E-state index contributed by atoms with van der Waals surface area (Å²) in [5.41, 5.74) is 1.37. The number of imidazole rings is 1. The predicted octanol–water partition coefficient (Wildman–Crippen LogP) is 3.05. The van der Waals surface area contributed by atoms with E-state index in [1.807, 2.05) is 0 Å². The van der Waals surface area contributed by atoms with Gasteiger partial charge in [-0.15, -0.1) is 0 Å². The van der Waals surface area contributed by atoms with Gasteiger partial charge in [0.2, 0.25) is 0 Å². The third-order valence-electron chi connectivity index (χ3n) is 4.95. The molecule has 1 fully saturated rings. The standard InChI is InChI=1S/C16H27N3/c1-12(2)18-8-5-14(6-9-18)15-11-19-7-4-13(3)10-16(19)17-15/h11-14H,4-10H2,1-3H3. The van der Waals surface area contributed by atoms with Crippen LogP contribution in [-0.4, -0.2) is 33.6 Å². The molecule has 0 aliphatic carbocycles. The summed E-state index contributed by atoms with van der Waals surface area (Å²) in [5, 5.41) is 0. The van der Waals surface area contributed by atoms with Crippen molar-refractivity contribution in [3.63, 3.8) is 0 Å². The van der Waals surface area contributed by atoms with Crippen molar-refractivity contribution < 1.29 is 0 Å². The smallest absolute Gasteiger partial charge is 0.109 e. The average molecular weight is 261 g/mol. The Labute approximate surface area is 117 Å². The van der Waals surface area contributed by atoms with E-state index in [9.17, 15) is 0 Å². The number of piperidine rings is 1. The number of fused-ring (bicyclic) bond motifs is 1. The monoisotopic (exact) mass is 261 g/mol. The molecule has 1 atom stereocenters. The number of rotatable bonds is 2. The Morgan fingerprint density at radius 2 is 1.89 bits per heavy atom. The maximum atomic E-state index is 4.94. The zero-order chi connectivity index (χ0) is 13.4. The molecule has 3 heteroatoms. The van der Waals surface area contributed by atoms with E-state index >= 15 is 0 Å². The summed E-state index contributed by atoms with van der Waals surface area (Å²) in [6, 6.07) is 0.692. The Morgan fingerprint density at radius 3 is 2.58 bits per heavy atom. The molecule has 3 nitrogen and oxygen atoms in total. The van der Waals surface area contributed by atoms with Gasteiger partial charge in [-0.25, -0.2) is 4.98 Å². The number of aryl methyl sites for hydroxylation is 1. The molecule has 106 valence electrons. The molecule has 3 heterocycles. The lowest BCUT2D eigenvalue weighted by molar-refractivity contribution is 0.171. The van der Waals surface area contributed by atoms with Gasteiger partial charge >= 0.3 is 0 Å². The van der Waals surface area contributed by atoms with Gasteiger partial charge in [-0.05, 0) is 52.1 Å². The maximum Gasteiger partial charge on any atom is 0.109 e. The van der Waals surface area contributed by atoms with Crippen LogP contribution in [-0.2, 0) is 13.0 Å². The summed E-state index contributed by atoms with van der Waals surface area (Å²) in [6.45, 7) is 10.6. The Balaban J connectivity index is 1.67. The Morgan fingerprint density at radius 1 is 1.16 bits per heavy atom. The fourth-order valence-corrected chi connectivity index (χ4v) is 3.51. The number of likely N-dealkylation sites (tertiary alicyclic amines) is 1. The Hall–Kier alpha value is -0.830. The zero-order valence-electron chi connectivity index (χ0n) is 12.6. The van der Waals surface area contributed by atoms with E-state index in [-0.39, 0.29) is 0 Å². The molecule has 0 bridgehead atoms. The van der Waals surface area contributed by atoms with Crippen molar-refractivity contribution in [1.29, 1.82) is 0 Å². The van der Waals surface area contributed by atoms with Gasteiger partial charge in [-0.1, -0.05) is 6.92 Å². The lowest BCUT2D eigenvalue weighted by atomic mass is 9.93. The molecule has 1 unspecified atom stereocenters. The van der Waals surface area contributed by atoms with Crippen LogP contribution in [0.5, 0.6) is 0 Å². The van der Waals surface area contributed by atoms with Crippen molar-refractivity contribution in [2.24, 2.45) is 5.92 Å². The van der Waals surface area contributed by atoms with E-state index < -0.39 is 0 Å². The third kappa shape index (κ3) is 2.71. The van der Waals surface area contributed by atoms with E-state index in [0.717, 1.165) is 5.92 Å². The molecule has 1 saturated heterocycles. The lowest BCUT2D eigenvalue weighted by Gasteiger charge is -2.33. The van der Waals surface area contributed by atoms with Crippen LogP contribution in [0.15, 0.2) is 6.20 Å². The van der Waals surface area contributed by atoms with Gasteiger partial charge in [0, 0.05) is 31.1 Å². The summed E-state index contributed by atoms with van der Waals surface area (Å²) in [4.78, 5) is 7.53. The van der Waals surface area contributed by atoms with E-state index in [4.69, 9.17) is 4.98 Å². The SMILES string of the molecule is CC1CCn2cc(C3CCN(C(C)C)CC3)nc2C1. The lowest BCUT2D eigenvalue weighted by Crippen LogP contribution is -2.37. The molecule has 1 aromatic heterocycles. The van der Waals surface area contributed by atoms with Crippen molar-refractivity contribution in [1.82, 2.24) is 14.5 Å². The summed E-state index contributed by atoms with van der Waals surface area (Å²) >= 11 is 0. The fourth-order valence-electron chi connectivity index (χ4n) is 3.51. The molecule has 0 aromatic carbocycles. The number of hydrogen-bond acceptors (Lipinski definition) is 2. The van der Waals surface area contributed by atoms with Crippen LogP contribution in [0.2, 0.25) is 0 Å². The summed E-state index contributed by atoms with van der Waals surface area (Å²) in [5.74, 6) is 2.84. The van der Waals surface area contributed by atoms with E-state index in [1.54, 1.807) is 0 Å². The molecule has 19 heavy (non-hydrogen) atoms. The maximum absolute atomic E-state index is 4.94. The second-order valence-electron chi connectivity index (χ2n) is 6.78. The minimum absolute atomic E-state index is 0.692. The molecule has 0 spiro atoms. The van der Waals surface area contributed by atoms with Gasteiger partial charge in [0.15, 0.2) is 0 Å². The van der Waals surface area contributed by atoms with E-state index in [2.05, 4.69) is 36.4 Å². The topological polar surface area (TPSA) is 21.1 Å². The molecule has 3 rings (SSSR count). The molecule has 0 saturated carbocycles. The predicted molar refractivity (Wildman–Crippen MR) is 78.4 cm³/mol. The van der Waals surface area contributed by atoms with Gasteiger partial charge in [0.05, 0.1) is 5.69 Å². The number of aromatic nitrogens is 2. The molecular weight excluding hydrogens is 234 g/mol. The fraction of sp³-hybridized carbons (Fsp3) is 0.812. The first-order valence-electron chi connectivity index (χ1n) is 7.93. The van der Waals surface area contributed by atoms with Crippen molar-refractivity contribution in [3.05, 3.63) is 17.7 Å². The van der Waals surface area contributed by atoms with Crippen LogP contribution >= 0.6 is 0 Å². The van der Waals surface area contributed by atoms with Crippen LogP contribution in [0.3, 0.4) is 0 Å². The first-order chi connectivity index (χ1) is 9.13. The Kier molecular flexibility index (Phi) is 3.66. The quantitative estimate of drug-likeness (QED) is 0.816. The molecular formula is C16H27N3. The largest absolute Gasteiger partial charge is 0.335 e. The van der Waals surface area contributed by atoms with Gasteiger partial charge in [0.25, 0.3) is 0 Å². The minimum Gasteiger partial charge on any atom is -0.335 e. The highest BCUT2D eigenvalue weighted by Gasteiger charge is 2.26. The molecule has 0 amide bonds. The van der Waals surface area contributed by atoms with Crippen molar-refractivity contribution in [2.45, 2.75) is 65.0 Å². The van der Waals surface area contributed by atoms with E-state index in [1.165, 1.54) is 56.8 Å². The summed E-state index contributed by atoms with van der Waals surface area (Å²) in [6.07, 6.45) is 7.39. The van der Waals surface area contributed by atoms with Crippen molar-refractivity contribution >= 4 is 0 Å². The van der Waals surface area contributed by atoms with Crippen LogP contribution in [0.4, 0.5) is 0 Å². The highest BCUT2D eigenvalue weighted by Crippen LogP contribution is 2.30. The average Bonchev–Trinajstić information content (AvgIpc) is 2.81. The number of nitrogens with zero attached hydrogens (tertiary/aromatic N) is 3. The second-order valence-corrected chi connectivity index (χ2v) is 6.78. The molecule has 0 radical (unpaired) electrons. The Bertz CT molecular complexity index is 427. The zero-order valence-corrected chi connectivity index (χ0v) is 12.6. The van der Waals surface area contributed by atoms with Crippen LogP contribution < -0.4 is 0 Å². The highest BCUT2D eigenvalue weighted by molar-refractivity contribution is 5.12.